The number of non-ortho nitro benzene ring substituents is 1. The molecule has 1 amide bonds. The van der Waals surface area contributed by atoms with Gasteiger partial charge >= 0.3 is 0 Å². The van der Waals surface area contributed by atoms with Crippen molar-refractivity contribution in [1.29, 1.82) is 0 Å². The van der Waals surface area contributed by atoms with Gasteiger partial charge in [-0.1, -0.05) is 17.7 Å². The summed E-state index contributed by atoms with van der Waals surface area (Å²) >= 11 is 5.93. The molecule has 8 heteroatoms. The first kappa shape index (κ1) is 18.4. The van der Waals surface area contributed by atoms with Crippen LogP contribution in [0.2, 0.25) is 5.02 Å². The Kier molecular flexibility index (Phi) is 6.08. The number of nitrogens with zero attached hydrogens (tertiary/aromatic N) is 2. The molecule has 0 atom stereocenters. The molecule has 25 heavy (non-hydrogen) atoms. The lowest BCUT2D eigenvalue weighted by Gasteiger charge is -2.07. The fourth-order valence-corrected chi connectivity index (χ4v) is 2.07. The van der Waals surface area contributed by atoms with Crippen molar-refractivity contribution in [2.45, 2.75) is 13.8 Å². The van der Waals surface area contributed by atoms with Gasteiger partial charge in [-0.05, 0) is 43.2 Å². The van der Waals surface area contributed by atoms with Gasteiger partial charge in [0.2, 0.25) is 0 Å². The normalized spacial score (nSPS) is 10.7. The lowest BCUT2D eigenvalue weighted by atomic mass is 10.1. The number of ether oxygens (including phenoxy) is 1. The number of amides is 1. The zero-order valence-corrected chi connectivity index (χ0v) is 14.4. The van der Waals surface area contributed by atoms with Gasteiger partial charge in [0, 0.05) is 22.7 Å². The number of nitrogens with one attached hydrogen (secondary N) is 1. The van der Waals surface area contributed by atoms with Gasteiger partial charge in [0.05, 0.1) is 11.1 Å². The summed E-state index contributed by atoms with van der Waals surface area (Å²) in [7, 11) is 0. The Morgan fingerprint density at radius 2 is 2.04 bits per heavy atom. The van der Waals surface area contributed by atoms with E-state index in [0.29, 0.717) is 11.3 Å². The highest BCUT2D eigenvalue weighted by Gasteiger charge is 2.08. The van der Waals surface area contributed by atoms with Gasteiger partial charge in [-0.25, -0.2) is 5.43 Å². The molecule has 0 spiro atoms. The van der Waals surface area contributed by atoms with Crippen molar-refractivity contribution in [2.24, 2.45) is 5.10 Å². The first-order valence-corrected chi connectivity index (χ1v) is 7.70. The van der Waals surface area contributed by atoms with Gasteiger partial charge in [-0.3, -0.25) is 14.9 Å². The van der Waals surface area contributed by atoms with E-state index in [1.165, 1.54) is 24.4 Å². The van der Waals surface area contributed by atoms with Gasteiger partial charge in [0.15, 0.2) is 6.61 Å². The molecule has 0 fully saturated rings. The van der Waals surface area contributed by atoms with E-state index >= 15 is 0 Å². The van der Waals surface area contributed by atoms with E-state index in [0.717, 1.165) is 11.1 Å². The lowest BCUT2D eigenvalue weighted by Crippen LogP contribution is -2.24. The van der Waals surface area contributed by atoms with E-state index in [1.54, 1.807) is 6.07 Å². The van der Waals surface area contributed by atoms with Crippen LogP contribution in [0.4, 0.5) is 5.69 Å². The number of rotatable bonds is 6. The Balaban J connectivity index is 1.91. The standard InChI is InChI=1S/C17H16ClN3O4/c1-11-3-5-15(7-12(11)2)25-10-17(22)20-19-9-13-8-14(21(23)24)4-6-16(13)18/h3-9H,10H2,1-2H3,(H,20,22)/b19-9+. The maximum atomic E-state index is 11.7. The maximum absolute atomic E-state index is 11.7. The molecule has 2 rings (SSSR count). The molecule has 0 radical (unpaired) electrons. The average molecular weight is 362 g/mol. The third-order valence-corrected chi connectivity index (χ3v) is 3.78. The summed E-state index contributed by atoms with van der Waals surface area (Å²) in [6.45, 7) is 3.73. The van der Waals surface area contributed by atoms with Crippen LogP contribution in [0.5, 0.6) is 5.75 Å². The maximum Gasteiger partial charge on any atom is 0.277 e. The Hall–Kier alpha value is -2.93. The molecule has 0 bridgehead atoms. The number of carbonyl (C=O) groups excluding carboxylic acids is 1. The van der Waals surface area contributed by atoms with Crippen LogP contribution in [0.1, 0.15) is 16.7 Å². The number of hydrogen-bond donors (Lipinski definition) is 1. The molecule has 0 aliphatic heterocycles. The first-order valence-electron chi connectivity index (χ1n) is 7.32. The Morgan fingerprint density at radius 3 is 2.72 bits per heavy atom. The van der Waals surface area contributed by atoms with Gasteiger partial charge < -0.3 is 4.74 Å². The monoisotopic (exact) mass is 361 g/mol. The van der Waals surface area contributed by atoms with E-state index in [1.807, 2.05) is 26.0 Å². The number of carbonyl (C=O) groups is 1. The molecule has 2 aromatic carbocycles. The van der Waals surface area contributed by atoms with Crippen LogP contribution >= 0.6 is 11.6 Å². The number of hydrazone groups is 1. The predicted molar refractivity (Wildman–Crippen MR) is 95.3 cm³/mol. The number of nitro groups is 1. The molecule has 2 aromatic rings. The second-order valence-electron chi connectivity index (χ2n) is 5.29. The first-order chi connectivity index (χ1) is 11.9. The highest BCUT2D eigenvalue weighted by Crippen LogP contribution is 2.20. The summed E-state index contributed by atoms with van der Waals surface area (Å²) in [6, 6.07) is 9.48. The zero-order chi connectivity index (χ0) is 18.4. The van der Waals surface area contributed by atoms with Crippen LogP contribution in [0.3, 0.4) is 0 Å². The second-order valence-corrected chi connectivity index (χ2v) is 5.70. The number of benzene rings is 2. The summed E-state index contributed by atoms with van der Waals surface area (Å²) in [4.78, 5) is 21.9. The second kappa shape index (κ2) is 8.25. The van der Waals surface area contributed by atoms with Crippen molar-refractivity contribution in [2.75, 3.05) is 6.61 Å². The Labute approximate surface area is 149 Å². The highest BCUT2D eigenvalue weighted by atomic mass is 35.5. The average Bonchev–Trinajstić information content (AvgIpc) is 2.57. The van der Waals surface area contributed by atoms with Gasteiger partial charge in [0.25, 0.3) is 11.6 Å². The summed E-state index contributed by atoms with van der Waals surface area (Å²) < 4.78 is 5.38. The van der Waals surface area contributed by atoms with Crippen LogP contribution in [0.25, 0.3) is 0 Å². The van der Waals surface area contributed by atoms with E-state index in [2.05, 4.69) is 10.5 Å². The summed E-state index contributed by atoms with van der Waals surface area (Å²) in [5, 5.41) is 14.8. The smallest absolute Gasteiger partial charge is 0.277 e. The summed E-state index contributed by atoms with van der Waals surface area (Å²) in [5.41, 5.74) is 4.69. The predicted octanol–water partition coefficient (Wildman–Crippen LogP) is 3.39. The molecule has 0 unspecified atom stereocenters. The van der Waals surface area contributed by atoms with Crippen molar-refractivity contribution in [3.8, 4) is 5.75 Å². The van der Waals surface area contributed by atoms with E-state index in [9.17, 15) is 14.9 Å². The largest absolute Gasteiger partial charge is 0.484 e. The van der Waals surface area contributed by atoms with Gasteiger partial charge in [-0.15, -0.1) is 0 Å². The molecule has 7 nitrogen and oxygen atoms in total. The molecule has 0 aliphatic rings. The van der Waals surface area contributed by atoms with Crippen LogP contribution in [-0.4, -0.2) is 23.7 Å². The molecule has 0 aliphatic carbocycles. The van der Waals surface area contributed by atoms with Gasteiger partial charge in [0.1, 0.15) is 5.75 Å². The van der Waals surface area contributed by atoms with E-state index in [-0.39, 0.29) is 17.3 Å². The topological polar surface area (TPSA) is 93.8 Å². The Morgan fingerprint density at radius 1 is 1.28 bits per heavy atom. The van der Waals surface area contributed by atoms with Crippen LogP contribution in [0.15, 0.2) is 41.5 Å². The summed E-state index contributed by atoms with van der Waals surface area (Å²) in [6.07, 6.45) is 1.24. The fourth-order valence-electron chi connectivity index (χ4n) is 1.90. The molecular formula is C17H16ClN3O4. The minimum atomic E-state index is -0.538. The SMILES string of the molecule is Cc1ccc(OCC(=O)N/N=C/c2cc([N+](=O)[O-])ccc2Cl)cc1C. The molecule has 1 N–H and O–H groups in total. The lowest BCUT2D eigenvalue weighted by molar-refractivity contribution is -0.384. The molecule has 0 saturated heterocycles. The minimum absolute atomic E-state index is 0.116. The minimum Gasteiger partial charge on any atom is -0.484 e. The van der Waals surface area contributed by atoms with Crippen molar-refractivity contribution in [3.63, 3.8) is 0 Å². The molecule has 0 heterocycles. The summed E-state index contributed by atoms with van der Waals surface area (Å²) in [5.74, 6) is 0.125. The van der Waals surface area contributed by atoms with E-state index in [4.69, 9.17) is 16.3 Å². The third kappa shape index (κ3) is 5.29. The number of nitro benzene ring substituents is 1. The number of aryl methyl sites for hydroxylation is 2. The van der Waals surface area contributed by atoms with E-state index < -0.39 is 10.8 Å². The Bertz CT molecular complexity index is 837. The van der Waals surface area contributed by atoms with Crippen LogP contribution < -0.4 is 10.2 Å². The number of halogens is 1. The zero-order valence-electron chi connectivity index (χ0n) is 13.7. The van der Waals surface area contributed by atoms with Crippen molar-refractivity contribution >= 4 is 29.4 Å². The van der Waals surface area contributed by atoms with Crippen LogP contribution in [-0.2, 0) is 4.79 Å². The van der Waals surface area contributed by atoms with Crippen molar-refractivity contribution in [1.82, 2.24) is 5.43 Å². The van der Waals surface area contributed by atoms with Crippen molar-refractivity contribution in [3.05, 3.63) is 68.2 Å². The quantitative estimate of drug-likeness (QED) is 0.484. The molecular weight excluding hydrogens is 346 g/mol. The van der Waals surface area contributed by atoms with Crippen LogP contribution in [0, 0.1) is 24.0 Å². The molecule has 130 valence electrons. The van der Waals surface area contributed by atoms with Gasteiger partial charge in [-0.2, -0.15) is 5.10 Å². The molecule has 0 aromatic heterocycles. The fraction of sp³-hybridized carbons (Fsp3) is 0.176. The number of hydrogen-bond acceptors (Lipinski definition) is 5. The highest BCUT2D eigenvalue weighted by molar-refractivity contribution is 6.33. The molecule has 0 saturated carbocycles. The third-order valence-electron chi connectivity index (χ3n) is 3.43. The van der Waals surface area contributed by atoms with Crippen molar-refractivity contribution < 1.29 is 14.5 Å².